The minimum Gasteiger partial charge on any atom is -1.00 e. The molecule has 0 radical (unpaired) electrons. The van der Waals surface area contributed by atoms with E-state index in [2.05, 4.69) is 216 Å². The Hall–Kier alpha value is -4.62. The first-order chi connectivity index (χ1) is 48.3. The number of aliphatic hydroxyl groups is 1. The maximum atomic E-state index is 8.78. The average molecular weight is 1750 g/mol. The molecule has 0 bridgehead atoms. The van der Waals surface area contributed by atoms with Gasteiger partial charge < -0.3 is 44.5 Å². The first-order valence-corrected chi connectivity index (χ1v) is 46.8. The molecule has 3 N–H and O–H groups in total. The maximum Gasteiger partial charge on any atom is 2.00 e. The van der Waals surface area contributed by atoms with E-state index in [1.165, 1.54) is 164 Å². The number of aliphatic hydroxyl groups excluding tert-OH is 1. The normalized spacial score (nSPS) is 10.7. The second-order valence-corrected chi connectivity index (χ2v) is 41.5. The van der Waals surface area contributed by atoms with Crippen molar-refractivity contribution in [1.29, 1.82) is 0 Å². The Kier molecular flexibility index (Phi) is 48.5. The number of nitrogens with two attached hydrogens (primary N) is 1. The number of anilines is 4. The summed E-state index contributed by atoms with van der Waals surface area (Å²) < 4.78 is 15.0. The summed E-state index contributed by atoms with van der Waals surface area (Å²) in [5.74, 6) is 0. The summed E-state index contributed by atoms with van der Waals surface area (Å²) in [7, 11) is 0. The predicted molar refractivity (Wildman–Crippen MR) is 444 cm³/mol. The SMILES string of the molecule is Brc1ccc(N(Cn2nnc3ccccc32)Cn2nnc3ccccc32)cc1.CCCCCN(CCCCC)c1cc[c]([Sn]([CH2]CCC)([CH2]CCC)[CH2]CCC)cc1.CCCCCN(CCCCC)c1ccc(Br)cc1.Nc1ccc(Br)cc1.OCn1nnc2ccccc21.[Br-].[CH2-]CCC.[Mg+2]. The number of benzene rings is 7. The van der Waals surface area contributed by atoms with Gasteiger partial charge in [0.05, 0.1) is 16.6 Å². The third-order valence-corrected chi connectivity index (χ3v) is 34.9. The van der Waals surface area contributed by atoms with Crippen LogP contribution in [0.15, 0.2) is 183 Å². The Morgan fingerprint density at radius 3 is 0.980 bits per heavy atom. The number of halogens is 4. The summed E-state index contributed by atoms with van der Waals surface area (Å²) in [6.45, 7) is 27.8. The van der Waals surface area contributed by atoms with Gasteiger partial charge >= 0.3 is 218 Å². The molecule has 0 aliphatic carbocycles. The Morgan fingerprint density at radius 1 is 0.386 bits per heavy atom. The molecule has 14 nitrogen and oxygen atoms in total. The van der Waals surface area contributed by atoms with E-state index in [1.54, 1.807) is 13.3 Å². The van der Waals surface area contributed by atoms with Crippen LogP contribution in [0.5, 0.6) is 0 Å². The van der Waals surface area contributed by atoms with Crippen molar-refractivity contribution in [2.75, 3.05) is 46.6 Å². The molecule has 7 aromatic carbocycles. The number of rotatable bonds is 35. The van der Waals surface area contributed by atoms with Crippen LogP contribution < -0.4 is 41.0 Å². The van der Waals surface area contributed by atoms with Crippen LogP contribution in [-0.2, 0) is 20.1 Å². The molecule has 3 heterocycles. The quantitative estimate of drug-likeness (QED) is 0.0169. The number of nitrogens with zero attached hydrogens (tertiary/aromatic N) is 12. The zero-order chi connectivity index (χ0) is 71.3. The molecule has 10 rings (SSSR count). The van der Waals surface area contributed by atoms with Gasteiger partial charge in [0.1, 0.15) is 36.6 Å². The Bertz CT molecular complexity index is 3530. The van der Waals surface area contributed by atoms with Crippen molar-refractivity contribution in [3.63, 3.8) is 0 Å². The molecule has 0 aliphatic heterocycles. The van der Waals surface area contributed by atoms with Crippen LogP contribution in [0.4, 0.5) is 22.7 Å². The molecule has 0 unspecified atom stereocenters. The second kappa shape index (κ2) is 54.0. The molecular formula is C81H117Br4MgN13OSn. The molecule has 10 aromatic rings. The van der Waals surface area contributed by atoms with Gasteiger partial charge in [-0.15, -0.1) is 15.3 Å². The molecule has 0 spiro atoms. The van der Waals surface area contributed by atoms with Gasteiger partial charge in [0.15, 0.2) is 0 Å². The Balaban J connectivity index is 0.000000342. The van der Waals surface area contributed by atoms with Crippen molar-refractivity contribution in [2.45, 2.75) is 217 Å². The smallest absolute Gasteiger partial charge is 1.00 e. The van der Waals surface area contributed by atoms with Crippen LogP contribution >= 0.6 is 47.8 Å². The zero-order valence-electron chi connectivity index (χ0n) is 62.2. The largest absolute Gasteiger partial charge is 2.00 e. The first-order valence-electron chi connectivity index (χ1n) is 37.0. The van der Waals surface area contributed by atoms with E-state index < -0.39 is 18.4 Å². The molecule has 0 fully saturated rings. The number of fused-ring (bicyclic) bond motifs is 3. The maximum absolute atomic E-state index is 8.78. The van der Waals surface area contributed by atoms with Crippen LogP contribution in [0.25, 0.3) is 33.1 Å². The Morgan fingerprint density at radius 2 is 0.673 bits per heavy atom. The fourth-order valence-corrected chi connectivity index (χ4v) is 28.4. The molecule has 0 aliphatic rings. The summed E-state index contributed by atoms with van der Waals surface area (Å²) in [6, 6.07) is 58.1. The molecule has 3 aromatic heterocycles. The van der Waals surface area contributed by atoms with Gasteiger partial charge in [-0.2, -0.15) is 6.42 Å². The van der Waals surface area contributed by atoms with Gasteiger partial charge in [0.25, 0.3) is 0 Å². The summed E-state index contributed by atoms with van der Waals surface area (Å²) in [5, 5.41) is 33.6. The Labute approximate surface area is 663 Å². The van der Waals surface area contributed by atoms with Crippen molar-refractivity contribution >= 4 is 149 Å². The summed E-state index contributed by atoms with van der Waals surface area (Å²) in [5.41, 5.74) is 15.5. The number of para-hydroxylation sites is 3. The van der Waals surface area contributed by atoms with Gasteiger partial charge in [0.2, 0.25) is 0 Å². The van der Waals surface area contributed by atoms with Crippen LogP contribution in [0, 0.1) is 6.92 Å². The molecule has 0 atom stereocenters. The van der Waals surface area contributed by atoms with E-state index in [1.807, 2.05) is 122 Å². The molecule has 0 saturated heterocycles. The molecule has 0 saturated carbocycles. The average Bonchev–Trinajstić information content (AvgIpc) is 1.61. The van der Waals surface area contributed by atoms with E-state index in [9.17, 15) is 0 Å². The van der Waals surface area contributed by atoms with Gasteiger partial charge in [-0.05, 0) is 122 Å². The van der Waals surface area contributed by atoms with E-state index in [-0.39, 0.29) is 46.8 Å². The van der Waals surface area contributed by atoms with Gasteiger partial charge in [-0.25, -0.2) is 14.0 Å². The molecule has 546 valence electrons. The van der Waals surface area contributed by atoms with Gasteiger partial charge in [-0.1, -0.05) is 153 Å². The summed E-state index contributed by atoms with van der Waals surface area (Å²) in [4.78, 5) is 7.41. The van der Waals surface area contributed by atoms with E-state index in [4.69, 9.17) is 10.8 Å². The van der Waals surface area contributed by atoms with Crippen molar-refractivity contribution in [2.24, 2.45) is 0 Å². The van der Waals surface area contributed by atoms with Crippen molar-refractivity contribution in [1.82, 2.24) is 45.0 Å². The number of unbranched alkanes of at least 4 members (excludes halogenated alkanes) is 12. The van der Waals surface area contributed by atoms with Crippen molar-refractivity contribution in [3.8, 4) is 0 Å². The number of nitrogen functional groups attached to an aromatic ring is 1. The third-order valence-electron chi connectivity index (χ3n) is 17.6. The monoisotopic (exact) mass is 1750 g/mol. The number of hydrogen-bond donors (Lipinski definition) is 2. The van der Waals surface area contributed by atoms with Gasteiger partial charge in [-0.3, -0.25) is 0 Å². The molecule has 101 heavy (non-hydrogen) atoms. The fraction of sp³-hybridized carbons (Fsp3) is 0.469. The predicted octanol–water partition coefficient (Wildman–Crippen LogP) is 19.3. The number of aromatic nitrogens is 9. The van der Waals surface area contributed by atoms with Crippen molar-refractivity contribution in [3.05, 3.63) is 190 Å². The molecule has 0 amide bonds. The first kappa shape index (κ1) is 90.6. The van der Waals surface area contributed by atoms with Gasteiger partial charge in [0, 0.05) is 43.6 Å². The molecule has 20 heteroatoms. The van der Waals surface area contributed by atoms with Crippen LogP contribution in [0.2, 0.25) is 13.3 Å². The zero-order valence-corrected chi connectivity index (χ0v) is 72.8. The van der Waals surface area contributed by atoms with E-state index in [0.29, 0.717) is 13.3 Å². The van der Waals surface area contributed by atoms with Crippen LogP contribution in [-0.4, -0.2) is 118 Å². The standard InChI is InChI=1S/C20H16BrN7.C16H26BrN.C16H26N.C7H7N3O.C6H6BrN.4C4H9.BrH.Mg.Sn/c21-15-9-11-16(12-10-15)26(13-27-19-7-3-1-5-17(19)22-24-27)14-28-20-8-4-2-6-18(20)23-25-28;1-3-5-7-13-18(14-8-6-4-2)16-11-9-15(17)10-12-16;1-3-5-10-14-17(15-11-6-4-2)16-12-8-7-9-13-16;11-5-10-7-4-2-1-3-6(7)8-9-10;7-5-1-3-6(8)4-2-5;4*1-3-4-2;;;/h1-12H,13-14H2;9-12H,3-8,13-14H2,1-2H3;8-9,12-13H,3-6,10-11,14-15H2,1-2H3;1-4,11H,5H2;1-4H,8H2;4*1,3-4H2,2H3;1H;;/q;;;;;;;;-1;;+2;/p-1. The molecular weight excluding hydrogens is 1630 g/mol. The minimum atomic E-state index is -2.28. The second-order valence-electron chi connectivity index (χ2n) is 25.5. The number of hydrogen-bond acceptors (Lipinski definition) is 11. The fourth-order valence-electron chi connectivity index (χ4n) is 11.7. The van der Waals surface area contributed by atoms with Crippen LogP contribution in [0.1, 0.15) is 184 Å². The van der Waals surface area contributed by atoms with E-state index >= 15 is 0 Å². The summed E-state index contributed by atoms with van der Waals surface area (Å²) in [6.07, 6.45) is 26.6. The van der Waals surface area contributed by atoms with Crippen LogP contribution in [0.3, 0.4) is 0 Å². The van der Waals surface area contributed by atoms with E-state index in [0.717, 1.165) is 64.3 Å². The van der Waals surface area contributed by atoms with Crippen molar-refractivity contribution < 1.29 is 22.1 Å². The minimum absolute atomic E-state index is 0. The third kappa shape index (κ3) is 32.7. The topological polar surface area (TPSA) is 148 Å². The summed E-state index contributed by atoms with van der Waals surface area (Å²) >= 11 is 8.02.